The first-order valence-corrected chi connectivity index (χ1v) is 8.66. The summed E-state index contributed by atoms with van der Waals surface area (Å²) < 4.78 is 28.2. The highest BCUT2D eigenvalue weighted by Crippen LogP contribution is 2.26. The lowest BCUT2D eigenvalue weighted by Gasteiger charge is -2.16. The molecule has 0 bridgehead atoms. The van der Waals surface area contributed by atoms with Gasteiger partial charge in [-0.25, -0.2) is 8.78 Å². The van der Waals surface area contributed by atoms with Gasteiger partial charge in [-0.2, -0.15) is 0 Å². The predicted octanol–water partition coefficient (Wildman–Crippen LogP) is 5.83. The van der Waals surface area contributed by atoms with Crippen LogP contribution in [0.3, 0.4) is 0 Å². The van der Waals surface area contributed by atoms with Crippen molar-refractivity contribution in [2.75, 3.05) is 5.33 Å². The molecule has 2 aromatic rings. The lowest BCUT2D eigenvalue weighted by atomic mass is 9.93. The Morgan fingerprint density at radius 2 is 1.67 bits per heavy atom. The maximum Gasteiger partial charge on any atom is 0.143 e. The average Bonchev–Trinajstić information content (AvgIpc) is 2.48. The third-order valence-electron chi connectivity index (χ3n) is 3.49. The van der Waals surface area contributed by atoms with Crippen LogP contribution in [-0.2, 0) is 12.8 Å². The summed E-state index contributed by atoms with van der Waals surface area (Å²) in [5.41, 5.74) is 2.54. The van der Waals surface area contributed by atoms with Crippen LogP contribution in [-0.4, -0.2) is 5.33 Å². The monoisotopic (exact) mass is 416 g/mol. The zero-order valence-corrected chi connectivity index (χ0v) is 14.8. The molecule has 21 heavy (non-hydrogen) atoms. The predicted molar refractivity (Wildman–Crippen MR) is 89.9 cm³/mol. The number of alkyl halides is 1. The first-order valence-electron chi connectivity index (χ1n) is 6.75. The van der Waals surface area contributed by atoms with Gasteiger partial charge in [0.2, 0.25) is 0 Å². The molecule has 112 valence electrons. The Morgan fingerprint density at radius 3 is 2.29 bits per heavy atom. The normalized spacial score (nSPS) is 12.4. The Hall–Kier alpha value is -0.740. The van der Waals surface area contributed by atoms with Crippen molar-refractivity contribution >= 4 is 31.9 Å². The smallest absolute Gasteiger partial charge is 0.143 e. The van der Waals surface area contributed by atoms with Gasteiger partial charge in [-0.05, 0) is 59.3 Å². The Labute approximate surface area is 140 Å². The summed E-state index contributed by atoms with van der Waals surface area (Å²) in [5.74, 6) is -0.832. The standard InChI is InChI=1S/C17H16Br2F2/c1-11-2-4-12(5-3-11)8-13(10-18)9-14-16(20)7-6-15(19)17(14)21/h2-7,13H,8-10H2,1H3. The van der Waals surface area contributed by atoms with Crippen molar-refractivity contribution in [1.29, 1.82) is 0 Å². The molecule has 1 unspecified atom stereocenters. The molecule has 0 spiro atoms. The van der Waals surface area contributed by atoms with Crippen molar-refractivity contribution in [3.05, 3.63) is 69.2 Å². The van der Waals surface area contributed by atoms with Crippen molar-refractivity contribution in [1.82, 2.24) is 0 Å². The van der Waals surface area contributed by atoms with E-state index in [9.17, 15) is 8.78 Å². The van der Waals surface area contributed by atoms with Crippen molar-refractivity contribution in [2.24, 2.45) is 5.92 Å². The lowest BCUT2D eigenvalue weighted by molar-refractivity contribution is 0.508. The Kier molecular flexibility index (Phi) is 5.94. The minimum Gasteiger partial charge on any atom is -0.207 e. The van der Waals surface area contributed by atoms with Crippen LogP contribution >= 0.6 is 31.9 Å². The van der Waals surface area contributed by atoms with Crippen LogP contribution in [0.15, 0.2) is 40.9 Å². The minimum absolute atomic E-state index is 0.144. The highest BCUT2D eigenvalue weighted by molar-refractivity contribution is 9.10. The zero-order valence-electron chi connectivity index (χ0n) is 11.7. The molecular weight excluding hydrogens is 402 g/mol. The molecule has 0 heterocycles. The van der Waals surface area contributed by atoms with Crippen LogP contribution in [0, 0.1) is 24.5 Å². The highest BCUT2D eigenvalue weighted by Gasteiger charge is 2.17. The molecule has 0 N–H and O–H groups in total. The summed E-state index contributed by atoms with van der Waals surface area (Å²) in [5, 5.41) is 0.701. The van der Waals surface area contributed by atoms with Crippen molar-refractivity contribution < 1.29 is 8.78 Å². The Balaban J connectivity index is 2.16. The van der Waals surface area contributed by atoms with E-state index in [0.717, 1.165) is 6.42 Å². The van der Waals surface area contributed by atoms with E-state index in [-0.39, 0.29) is 11.5 Å². The SMILES string of the molecule is Cc1ccc(CC(CBr)Cc2c(F)ccc(Br)c2F)cc1. The molecule has 4 heteroatoms. The molecule has 0 saturated heterocycles. The fourth-order valence-corrected chi connectivity index (χ4v) is 3.11. The summed E-state index contributed by atoms with van der Waals surface area (Å²) in [7, 11) is 0. The number of benzene rings is 2. The molecule has 0 fully saturated rings. The number of aryl methyl sites for hydroxylation is 1. The van der Waals surface area contributed by atoms with Crippen LogP contribution in [0.2, 0.25) is 0 Å². The fourth-order valence-electron chi connectivity index (χ4n) is 2.28. The van der Waals surface area contributed by atoms with Crippen molar-refractivity contribution in [2.45, 2.75) is 19.8 Å². The number of hydrogen-bond acceptors (Lipinski definition) is 0. The van der Waals surface area contributed by atoms with Crippen LogP contribution in [0.25, 0.3) is 0 Å². The summed E-state index contributed by atoms with van der Waals surface area (Å²) in [4.78, 5) is 0. The van der Waals surface area contributed by atoms with Gasteiger partial charge >= 0.3 is 0 Å². The largest absolute Gasteiger partial charge is 0.207 e. The molecule has 0 radical (unpaired) electrons. The third kappa shape index (κ3) is 4.36. The summed E-state index contributed by atoms with van der Waals surface area (Å²) in [6, 6.07) is 11.0. The maximum atomic E-state index is 14.0. The van der Waals surface area contributed by atoms with E-state index in [1.165, 1.54) is 23.3 Å². The van der Waals surface area contributed by atoms with Crippen LogP contribution in [0.4, 0.5) is 8.78 Å². The van der Waals surface area contributed by atoms with E-state index in [4.69, 9.17) is 0 Å². The van der Waals surface area contributed by atoms with Gasteiger partial charge in [0.25, 0.3) is 0 Å². The second-order valence-corrected chi connectivity index (χ2v) is 6.74. The van der Waals surface area contributed by atoms with Gasteiger partial charge in [0, 0.05) is 10.9 Å². The molecule has 0 nitrogen and oxygen atoms in total. The van der Waals surface area contributed by atoms with Gasteiger partial charge in [-0.1, -0.05) is 45.8 Å². The van der Waals surface area contributed by atoms with E-state index in [1.54, 1.807) is 0 Å². The molecule has 0 aromatic heterocycles. The average molecular weight is 418 g/mol. The quantitative estimate of drug-likeness (QED) is 0.424. The summed E-state index contributed by atoms with van der Waals surface area (Å²) in [6.45, 7) is 2.04. The molecule has 2 rings (SSSR count). The lowest BCUT2D eigenvalue weighted by Crippen LogP contribution is -2.12. The van der Waals surface area contributed by atoms with Gasteiger partial charge in [0.15, 0.2) is 0 Å². The van der Waals surface area contributed by atoms with Gasteiger partial charge in [-0.15, -0.1) is 0 Å². The van der Waals surface area contributed by atoms with Gasteiger partial charge in [0.1, 0.15) is 11.6 Å². The van der Waals surface area contributed by atoms with Crippen LogP contribution in [0.1, 0.15) is 16.7 Å². The second-order valence-electron chi connectivity index (χ2n) is 5.24. The van der Waals surface area contributed by atoms with Crippen molar-refractivity contribution in [3.63, 3.8) is 0 Å². The van der Waals surface area contributed by atoms with Crippen molar-refractivity contribution in [3.8, 4) is 0 Å². The topological polar surface area (TPSA) is 0 Å². The van der Waals surface area contributed by atoms with Gasteiger partial charge in [-0.3, -0.25) is 0 Å². The highest BCUT2D eigenvalue weighted by atomic mass is 79.9. The maximum absolute atomic E-state index is 14.0. The molecule has 0 aliphatic carbocycles. The molecule has 2 aromatic carbocycles. The first kappa shape index (κ1) is 16.6. The zero-order chi connectivity index (χ0) is 15.4. The Morgan fingerprint density at radius 1 is 1.00 bits per heavy atom. The number of rotatable bonds is 5. The third-order valence-corrected chi connectivity index (χ3v) is 5.02. The fraction of sp³-hybridized carbons (Fsp3) is 0.294. The molecular formula is C17H16Br2F2. The number of halogens is 4. The van der Waals surface area contributed by atoms with E-state index < -0.39 is 11.6 Å². The Bertz CT molecular complexity index is 609. The molecule has 0 aliphatic heterocycles. The molecule has 0 saturated carbocycles. The number of hydrogen-bond donors (Lipinski definition) is 0. The molecule has 0 amide bonds. The van der Waals surface area contributed by atoms with Crippen LogP contribution < -0.4 is 0 Å². The van der Waals surface area contributed by atoms with E-state index in [0.29, 0.717) is 16.2 Å². The van der Waals surface area contributed by atoms with E-state index in [1.807, 2.05) is 6.92 Å². The minimum atomic E-state index is -0.496. The summed E-state index contributed by atoms with van der Waals surface area (Å²) in [6.07, 6.45) is 1.16. The van der Waals surface area contributed by atoms with E-state index in [2.05, 4.69) is 56.1 Å². The van der Waals surface area contributed by atoms with Gasteiger partial charge < -0.3 is 0 Å². The molecule has 0 aliphatic rings. The molecule has 1 atom stereocenters. The van der Waals surface area contributed by atoms with Gasteiger partial charge in [0.05, 0.1) is 4.47 Å². The first-order chi connectivity index (χ1) is 10.0. The van der Waals surface area contributed by atoms with Crippen LogP contribution in [0.5, 0.6) is 0 Å². The van der Waals surface area contributed by atoms with E-state index >= 15 is 0 Å². The second kappa shape index (κ2) is 7.50. The summed E-state index contributed by atoms with van der Waals surface area (Å²) >= 11 is 6.57.